The number of aromatic nitrogens is 1. The van der Waals surface area contributed by atoms with E-state index >= 15 is 0 Å². The monoisotopic (exact) mass is 259 g/mol. The second-order valence-electron chi connectivity index (χ2n) is 5.42. The molecule has 2 N–H and O–H groups in total. The van der Waals surface area contributed by atoms with Crippen LogP contribution in [0.4, 0.5) is 15.9 Å². The lowest BCUT2D eigenvalue weighted by atomic mass is 9.99. The van der Waals surface area contributed by atoms with Gasteiger partial charge in [0.05, 0.1) is 0 Å². The summed E-state index contributed by atoms with van der Waals surface area (Å²) >= 11 is 0. The van der Waals surface area contributed by atoms with Crippen molar-refractivity contribution in [3.05, 3.63) is 30.2 Å². The molecule has 1 aromatic carbocycles. The van der Waals surface area contributed by atoms with Crippen LogP contribution in [0.3, 0.4) is 0 Å². The Labute approximate surface area is 112 Å². The Kier molecular flexibility index (Phi) is 3.01. The van der Waals surface area contributed by atoms with Gasteiger partial charge < -0.3 is 10.6 Å². The van der Waals surface area contributed by atoms with Crippen molar-refractivity contribution in [2.45, 2.75) is 19.8 Å². The van der Waals surface area contributed by atoms with Gasteiger partial charge in [0.1, 0.15) is 11.6 Å². The number of nitrogens with two attached hydrogens (primary N) is 1. The number of anilines is 2. The molecule has 1 aromatic heterocycles. The van der Waals surface area contributed by atoms with Crippen LogP contribution in [-0.4, -0.2) is 18.1 Å². The van der Waals surface area contributed by atoms with Crippen molar-refractivity contribution in [1.82, 2.24) is 4.98 Å². The number of piperidine rings is 1. The lowest BCUT2D eigenvalue weighted by Gasteiger charge is -2.32. The van der Waals surface area contributed by atoms with Crippen molar-refractivity contribution in [3.8, 4) is 0 Å². The molecule has 0 spiro atoms. The summed E-state index contributed by atoms with van der Waals surface area (Å²) in [6.07, 6.45) is 4.16. The largest absolute Gasteiger partial charge is 0.398 e. The summed E-state index contributed by atoms with van der Waals surface area (Å²) in [7, 11) is 0. The molecule has 1 aliphatic heterocycles. The SMILES string of the molecule is CC1CCCN(c2nccc3c(N)cc(F)cc23)C1. The average molecular weight is 259 g/mol. The van der Waals surface area contributed by atoms with E-state index in [2.05, 4.69) is 16.8 Å². The number of benzene rings is 1. The normalized spacial score (nSPS) is 19.9. The van der Waals surface area contributed by atoms with Crippen molar-refractivity contribution in [2.24, 2.45) is 5.92 Å². The lowest BCUT2D eigenvalue weighted by Crippen LogP contribution is -2.34. The van der Waals surface area contributed by atoms with Gasteiger partial charge in [-0.25, -0.2) is 9.37 Å². The molecule has 0 amide bonds. The Morgan fingerprint density at radius 2 is 2.21 bits per heavy atom. The number of nitrogen functional groups attached to an aromatic ring is 1. The Morgan fingerprint density at radius 1 is 1.37 bits per heavy atom. The number of halogens is 1. The molecular formula is C15H18FN3. The van der Waals surface area contributed by atoms with Gasteiger partial charge in [-0.1, -0.05) is 6.92 Å². The third-order valence-electron chi connectivity index (χ3n) is 3.81. The fraction of sp³-hybridized carbons (Fsp3) is 0.400. The van der Waals surface area contributed by atoms with E-state index in [9.17, 15) is 4.39 Å². The van der Waals surface area contributed by atoms with Crippen LogP contribution in [0.2, 0.25) is 0 Å². The van der Waals surface area contributed by atoms with Gasteiger partial charge >= 0.3 is 0 Å². The summed E-state index contributed by atoms with van der Waals surface area (Å²) in [5.74, 6) is 1.20. The van der Waals surface area contributed by atoms with E-state index in [0.717, 1.165) is 36.1 Å². The summed E-state index contributed by atoms with van der Waals surface area (Å²) in [4.78, 5) is 6.70. The van der Waals surface area contributed by atoms with Crippen LogP contribution in [0.1, 0.15) is 19.8 Å². The predicted octanol–water partition coefficient (Wildman–Crippen LogP) is 3.19. The van der Waals surface area contributed by atoms with Crippen LogP contribution < -0.4 is 10.6 Å². The van der Waals surface area contributed by atoms with Gasteiger partial charge in [0, 0.05) is 35.7 Å². The Bertz CT molecular complexity index is 612. The van der Waals surface area contributed by atoms with Gasteiger partial charge in [0.2, 0.25) is 0 Å². The molecule has 19 heavy (non-hydrogen) atoms. The van der Waals surface area contributed by atoms with Gasteiger partial charge in [-0.05, 0) is 37.0 Å². The van der Waals surface area contributed by atoms with Gasteiger partial charge in [0.15, 0.2) is 0 Å². The standard InChI is InChI=1S/C15H18FN3/c1-10-3-2-6-19(9-10)15-13-7-11(16)8-14(17)12(13)4-5-18-15/h4-5,7-8,10H,2-3,6,9,17H2,1H3. The van der Waals surface area contributed by atoms with Crippen LogP contribution in [0.25, 0.3) is 10.8 Å². The summed E-state index contributed by atoms with van der Waals surface area (Å²) in [5, 5.41) is 1.69. The van der Waals surface area contributed by atoms with E-state index in [1.807, 2.05) is 6.07 Å². The van der Waals surface area contributed by atoms with Crippen molar-refractivity contribution in [3.63, 3.8) is 0 Å². The first-order valence-electron chi connectivity index (χ1n) is 6.74. The Morgan fingerprint density at radius 3 is 3.00 bits per heavy atom. The van der Waals surface area contributed by atoms with Crippen molar-refractivity contribution in [1.29, 1.82) is 0 Å². The summed E-state index contributed by atoms with van der Waals surface area (Å²) < 4.78 is 13.6. The van der Waals surface area contributed by atoms with E-state index in [1.54, 1.807) is 6.20 Å². The molecule has 0 bridgehead atoms. The lowest BCUT2D eigenvalue weighted by molar-refractivity contribution is 0.445. The van der Waals surface area contributed by atoms with E-state index in [1.165, 1.54) is 18.6 Å². The highest BCUT2D eigenvalue weighted by Gasteiger charge is 2.19. The maximum atomic E-state index is 13.6. The number of pyridine rings is 1. The summed E-state index contributed by atoms with van der Waals surface area (Å²) in [6.45, 7) is 4.20. The minimum atomic E-state index is -0.302. The first kappa shape index (κ1) is 12.2. The van der Waals surface area contributed by atoms with Gasteiger partial charge in [-0.15, -0.1) is 0 Å². The predicted molar refractivity (Wildman–Crippen MR) is 76.7 cm³/mol. The minimum Gasteiger partial charge on any atom is -0.398 e. The Balaban J connectivity index is 2.13. The molecule has 1 unspecified atom stereocenters. The third-order valence-corrected chi connectivity index (χ3v) is 3.81. The molecule has 0 saturated carbocycles. The van der Waals surface area contributed by atoms with Crippen molar-refractivity contribution >= 4 is 22.3 Å². The highest BCUT2D eigenvalue weighted by molar-refractivity contribution is 5.99. The zero-order valence-corrected chi connectivity index (χ0v) is 11.1. The number of hydrogen-bond acceptors (Lipinski definition) is 3. The number of hydrogen-bond donors (Lipinski definition) is 1. The summed E-state index contributed by atoms with van der Waals surface area (Å²) in [5.41, 5.74) is 6.37. The fourth-order valence-corrected chi connectivity index (χ4v) is 2.90. The molecule has 2 aromatic rings. The quantitative estimate of drug-likeness (QED) is 0.800. The first-order valence-corrected chi connectivity index (χ1v) is 6.74. The molecule has 1 atom stereocenters. The highest BCUT2D eigenvalue weighted by atomic mass is 19.1. The zero-order chi connectivity index (χ0) is 13.4. The molecule has 1 aliphatic rings. The van der Waals surface area contributed by atoms with Crippen LogP contribution in [0.5, 0.6) is 0 Å². The van der Waals surface area contributed by atoms with Gasteiger partial charge in [0.25, 0.3) is 0 Å². The van der Waals surface area contributed by atoms with Crippen LogP contribution >= 0.6 is 0 Å². The van der Waals surface area contributed by atoms with E-state index < -0.39 is 0 Å². The average Bonchev–Trinajstić information content (AvgIpc) is 2.38. The smallest absolute Gasteiger partial charge is 0.136 e. The number of fused-ring (bicyclic) bond motifs is 1. The maximum absolute atomic E-state index is 13.6. The number of rotatable bonds is 1. The fourth-order valence-electron chi connectivity index (χ4n) is 2.90. The second kappa shape index (κ2) is 4.68. The molecule has 1 fully saturated rings. The topological polar surface area (TPSA) is 42.2 Å². The van der Waals surface area contributed by atoms with E-state index in [4.69, 9.17) is 5.73 Å². The van der Waals surface area contributed by atoms with E-state index in [0.29, 0.717) is 11.6 Å². The molecule has 0 radical (unpaired) electrons. The Hall–Kier alpha value is -1.84. The van der Waals surface area contributed by atoms with Crippen molar-refractivity contribution < 1.29 is 4.39 Å². The van der Waals surface area contributed by atoms with Crippen LogP contribution in [0, 0.1) is 11.7 Å². The zero-order valence-electron chi connectivity index (χ0n) is 11.1. The third kappa shape index (κ3) is 2.23. The molecule has 2 heterocycles. The van der Waals surface area contributed by atoms with Crippen LogP contribution in [0.15, 0.2) is 24.4 Å². The van der Waals surface area contributed by atoms with Crippen LogP contribution in [-0.2, 0) is 0 Å². The minimum absolute atomic E-state index is 0.302. The van der Waals surface area contributed by atoms with Crippen molar-refractivity contribution in [2.75, 3.05) is 23.7 Å². The van der Waals surface area contributed by atoms with Gasteiger partial charge in [-0.3, -0.25) is 0 Å². The van der Waals surface area contributed by atoms with Gasteiger partial charge in [-0.2, -0.15) is 0 Å². The first-order chi connectivity index (χ1) is 9.15. The second-order valence-corrected chi connectivity index (χ2v) is 5.42. The highest BCUT2D eigenvalue weighted by Crippen LogP contribution is 2.31. The molecule has 0 aliphatic carbocycles. The molecule has 4 heteroatoms. The summed E-state index contributed by atoms with van der Waals surface area (Å²) in [6, 6.07) is 4.75. The molecule has 1 saturated heterocycles. The molecule has 3 nitrogen and oxygen atoms in total. The molecular weight excluding hydrogens is 241 g/mol. The maximum Gasteiger partial charge on any atom is 0.136 e. The molecule has 100 valence electrons. The molecule has 3 rings (SSSR count). The number of nitrogens with zero attached hydrogens (tertiary/aromatic N) is 2. The van der Waals surface area contributed by atoms with E-state index in [-0.39, 0.29) is 5.82 Å².